The number of hydrogen-bond donors (Lipinski definition) is 1. The Balaban J connectivity index is 2.94. The normalized spacial score (nSPS) is 13.2. The maximum Gasteiger partial charge on any atom is 0.0818 e. The van der Waals surface area contributed by atoms with Crippen molar-refractivity contribution in [3.8, 4) is 0 Å². The molecule has 84 valence electrons. The van der Waals surface area contributed by atoms with Crippen LogP contribution in [0.15, 0.2) is 18.2 Å². The van der Waals surface area contributed by atoms with E-state index in [9.17, 15) is 5.11 Å². The Hall–Kier alpha value is -0.820. The number of hydrogen-bond acceptors (Lipinski definition) is 1. The van der Waals surface area contributed by atoms with Crippen molar-refractivity contribution in [1.29, 1.82) is 0 Å². The molecule has 1 unspecified atom stereocenters. The topological polar surface area (TPSA) is 20.2 Å². The van der Waals surface area contributed by atoms with E-state index in [1.165, 1.54) is 11.1 Å². The zero-order valence-corrected chi connectivity index (χ0v) is 10.2. The van der Waals surface area contributed by atoms with Gasteiger partial charge in [0, 0.05) is 0 Å². The van der Waals surface area contributed by atoms with Crippen LogP contribution in [-0.4, -0.2) is 5.11 Å². The second-order valence-corrected chi connectivity index (χ2v) is 4.44. The van der Waals surface area contributed by atoms with Crippen LogP contribution in [-0.2, 0) is 0 Å². The molecule has 1 rings (SSSR count). The van der Waals surface area contributed by atoms with Crippen LogP contribution in [0.5, 0.6) is 0 Å². The summed E-state index contributed by atoms with van der Waals surface area (Å²) >= 11 is 0. The summed E-state index contributed by atoms with van der Waals surface area (Å²) in [5.41, 5.74) is 3.53. The third-order valence-corrected chi connectivity index (χ3v) is 3.08. The molecule has 1 heteroatoms. The minimum Gasteiger partial charge on any atom is -0.388 e. The molecule has 0 radical (unpaired) electrons. The highest BCUT2D eigenvalue weighted by atomic mass is 16.3. The molecular formula is C14H22O. The number of aliphatic hydroxyl groups excluding tert-OH is 1. The first-order valence-electron chi connectivity index (χ1n) is 5.84. The standard InChI is InChI=1S/C14H22O/c1-5-12(6-2)14(15)13-8-10(3)7-11(4)9-13/h7-9,12,14-15H,5-6H2,1-4H3. The van der Waals surface area contributed by atoms with Gasteiger partial charge in [0.15, 0.2) is 0 Å². The molecule has 0 aromatic heterocycles. The average molecular weight is 206 g/mol. The van der Waals surface area contributed by atoms with Gasteiger partial charge in [-0.05, 0) is 25.3 Å². The summed E-state index contributed by atoms with van der Waals surface area (Å²) < 4.78 is 0. The van der Waals surface area contributed by atoms with E-state index in [4.69, 9.17) is 0 Å². The third-order valence-electron chi connectivity index (χ3n) is 3.08. The Labute approximate surface area is 93.1 Å². The lowest BCUT2D eigenvalue weighted by Crippen LogP contribution is -2.11. The summed E-state index contributed by atoms with van der Waals surface area (Å²) in [6.45, 7) is 8.44. The minimum absolute atomic E-state index is 0.307. The molecule has 0 heterocycles. The van der Waals surface area contributed by atoms with Crippen molar-refractivity contribution < 1.29 is 5.11 Å². The number of aliphatic hydroxyl groups is 1. The van der Waals surface area contributed by atoms with Crippen LogP contribution in [0.2, 0.25) is 0 Å². The summed E-state index contributed by atoms with van der Waals surface area (Å²) in [6, 6.07) is 6.33. The maximum absolute atomic E-state index is 10.2. The van der Waals surface area contributed by atoms with Crippen molar-refractivity contribution in [3.05, 3.63) is 34.9 Å². The lowest BCUT2D eigenvalue weighted by molar-refractivity contribution is 0.103. The van der Waals surface area contributed by atoms with E-state index >= 15 is 0 Å². The van der Waals surface area contributed by atoms with Gasteiger partial charge in [-0.2, -0.15) is 0 Å². The van der Waals surface area contributed by atoms with E-state index in [1.54, 1.807) is 0 Å². The number of rotatable bonds is 4. The molecule has 1 atom stereocenters. The van der Waals surface area contributed by atoms with Crippen LogP contribution in [0.4, 0.5) is 0 Å². The Morgan fingerprint density at radius 3 is 1.87 bits per heavy atom. The molecule has 0 aliphatic heterocycles. The third kappa shape index (κ3) is 3.07. The van der Waals surface area contributed by atoms with Crippen molar-refractivity contribution in [3.63, 3.8) is 0 Å². The fourth-order valence-corrected chi connectivity index (χ4v) is 2.19. The number of aryl methyl sites for hydroxylation is 2. The number of benzene rings is 1. The maximum atomic E-state index is 10.2. The van der Waals surface area contributed by atoms with E-state index in [1.807, 2.05) is 0 Å². The lowest BCUT2D eigenvalue weighted by atomic mass is 9.90. The van der Waals surface area contributed by atoms with Crippen LogP contribution in [0.25, 0.3) is 0 Å². The quantitative estimate of drug-likeness (QED) is 0.795. The largest absolute Gasteiger partial charge is 0.388 e. The summed E-state index contributed by atoms with van der Waals surface area (Å²) in [5.74, 6) is 0.381. The summed E-state index contributed by atoms with van der Waals surface area (Å²) in [6.07, 6.45) is 1.76. The molecule has 15 heavy (non-hydrogen) atoms. The molecular weight excluding hydrogens is 184 g/mol. The first kappa shape index (κ1) is 12.3. The van der Waals surface area contributed by atoms with E-state index in [2.05, 4.69) is 45.9 Å². The molecule has 0 spiro atoms. The zero-order chi connectivity index (χ0) is 11.4. The van der Waals surface area contributed by atoms with E-state index < -0.39 is 0 Å². The van der Waals surface area contributed by atoms with Gasteiger partial charge in [0.25, 0.3) is 0 Å². The lowest BCUT2D eigenvalue weighted by Gasteiger charge is -2.21. The minimum atomic E-state index is -0.307. The van der Waals surface area contributed by atoms with Gasteiger partial charge in [-0.1, -0.05) is 56.0 Å². The predicted octanol–water partition coefficient (Wildman–Crippen LogP) is 3.77. The molecule has 0 amide bonds. The van der Waals surface area contributed by atoms with Crippen molar-refractivity contribution in [2.24, 2.45) is 5.92 Å². The molecule has 0 fully saturated rings. The van der Waals surface area contributed by atoms with Crippen LogP contribution in [0.3, 0.4) is 0 Å². The van der Waals surface area contributed by atoms with Crippen molar-refractivity contribution in [2.45, 2.75) is 46.6 Å². The molecule has 0 aliphatic carbocycles. The Morgan fingerprint density at radius 2 is 1.47 bits per heavy atom. The molecule has 1 N–H and O–H groups in total. The van der Waals surface area contributed by atoms with Crippen LogP contribution >= 0.6 is 0 Å². The highest BCUT2D eigenvalue weighted by Gasteiger charge is 2.17. The van der Waals surface area contributed by atoms with Gasteiger partial charge in [0.1, 0.15) is 0 Å². The van der Waals surface area contributed by atoms with Gasteiger partial charge < -0.3 is 5.11 Å². The first-order chi connectivity index (χ1) is 7.08. The van der Waals surface area contributed by atoms with Crippen LogP contribution in [0.1, 0.15) is 49.5 Å². The van der Waals surface area contributed by atoms with Gasteiger partial charge in [-0.15, -0.1) is 0 Å². The van der Waals surface area contributed by atoms with Gasteiger partial charge in [-0.25, -0.2) is 0 Å². The second kappa shape index (κ2) is 5.32. The summed E-state index contributed by atoms with van der Waals surface area (Å²) in [4.78, 5) is 0. The van der Waals surface area contributed by atoms with Gasteiger partial charge in [-0.3, -0.25) is 0 Å². The smallest absolute Gasteiger partial charge is 0.0818 e. The van der Waals surface area contributed by atoms with Crippen molar-refractivity contribution >= 4 is 0 Å². The van der Waals surface area contributed by atoms with Gasteiger partial charge in [0.2, 0.25) is 0 Å². The fourth-order valence-electron chi connectivity index (χ4n) is 2.19. The fraction of sp³-hybridized carbons (Fsp3) is 0.571. The molecule has 1 aromatic carbocycles. The van der Waals surface area contributed by atoms with Gasteiger partial charge >= 0.3 is 0 Å². The first-order valence-corrected chi connectivity index (χ1v) is 5.84. The molecule has 0 bridgehead atoms. The second-order valence-electron chi connectivity index (χ2n) is 4.44. The average Bonchev–Trinajstić information content (AvgIpc) is 2.18. The van der Waals surface area contributed by atoms with Crippen LogP contribution < -0.4 is 0 Å². The molecule has 1 nitrogen and oxygen atoms in total. The predicted molar refractivity (Wildman–Crippen MR) is 64.9 cm³/mol. The van der Waals surface area contributed by atoms with Crippen molar-refractivity contribution in [1.82, 2.24) is 0 Å². The molecule has 0 saturated heterocycles. The SMILES string of the molecule is CCC(CC)C(O)c1cc(C)cc(C)c1. The highest BCUT2D eigenvalue weighted by Crippen LogP contribution is 2.28. The highest BCUT2D eigenvalue weighted by molar-refractivity contribution is 5.30. The molecule has 0 aliphatic rings. The van der Waals surface area contributed by atoms with Gasteiger partial charge in [0.05, 0.1) is 6.10 Å². The van der Waals surface area contributed by atoms with Crippen molar-refractivity contribution in [2.75, 3.05) is 0 Å². The van der Waals surface area contributed by atoms with E-state index in [-0.39, 0.29) is 6.10 Å². The molecule has 0 saturated carbocycles. The molecule has 1 aromatic rings. The van der Waals surface area contributed by atoms with E-state index in [0.717, 1.165) is 18.4 Å². The summed E-state index contributed by atoms with van der Waals surface area (Å²) in [7, 11) is 0. The zero-order valence-electron chi connectivity index (χ0n) is 10.2. The van der Waals surface area contributed by atoms with Crippen LogP contribution in [0, 0.1) is 19.8 Å². The monoisotopic (exact) mass is 206 g/mol. The Morgan fingerprint density at radius 1 is 1.00 bits per heavy atom. The van der Waals surface area contributed by atoms with E-state index in [0.29, 0.717) is 5.92 Å². The summed E-state index contributed by atoms with van der Waals surface area (Å²) in [5, 5.41) is 10.2. The Bertz CT molecular complexity index is 293. The Kier molecular flexibility index (Phi) is 4.34.